The molecule has 0 aromatic heterocycles. The molecule has 12 heavy (non-hydrogen) atoms. The number of rotatable bonds is 6. The Morgan fingerprint density at radius 2 is 2.08 bits per heavy atom. The first-order valence-electron chi connectivity index (χ1n) is 4.56. The van der Waals surface area contributed by atoms with E-state index in [2.05, 4.69) is 25.7 Å². The molecule has 72 valence electrons. The summed E-state index contributed by atoms with van der Waals surface area (Å²) in [5, 5.41) is 12.1. The molecule has 0 radical (unpaired) electrons. The second-order valence-electron chi connectivity index (χ2n) is 3.70. The molecule has 2 heteroatoms. The Bertz CT molecular complexity index is 132. The van der Waals surface area contributed by atoms with Gasteiger partial charge in [0.1, 0.15) is 0 Å². The summed E-state index contributed by atoms with van der Waals surface area (Å²) in [6, 6.07) is 0.409. The quantitative estimate of drug-likeness (QED) is 0.594. The van der Waals surface area contributed by atoms with Crippen molar-refractivity contribution in [3.05, 3.63) is 12.2 Å². The molecule has 0 aliphatic carbocycles. The van der Waals surface area contributed by atoms with Gasteiger partial charge in [-0.05, 0) is 19.3 Å². The maximum atomic E-state index is 8.79. The molecule has 0 bridgehead atoms. The number of hydrogen-bond donors (Lipinski definition) is 2. The highest BCUT2D eigenvalue weighted by molar-refractivity contribution is 4.92. The summed E-state index contributed by atoms with van der Waals surface area (Å²) in [5.74, 6) is 0.566. The molecule has 0 saturated carbocycles. The summed E-state index contributed by atoms with van der Waals surface area (Å²) in [7, 11) is 0. The van der Waals surface area contributed by atoms with E-state index in [1.807, 2.05) is 6.92 Å². The number of aliphatic hydroxyl groups is 1. The lowest BCUT2D eigenvalue weighted by Gasteiger charge is -2.21. The summed E-state index contributed by atoms with van der Waals surface area (Å²) in [6.07, 6.45) is 0.824. The van der Waals surface area contributed by atoms with Crippen LogP contribution in [0.4, 0.5) is 0 Å². The van der Waals surface area contributed by atoms with Crippen LogP contribution in [0.25, 0.3) is 0 Å². The third-order valence-corrected chi connectivity index (χ3v) is 1.91. The average molecular weight is 171 g/mol. The highest BCUT2D eigenvalue weighted by atomic mass is 16.3. The average Bonchev–Trinajstić information content (AvgIpc) is 1.96. The summed E-state index contributed by atoms with van der Waals surface area (Å²) in [4.78, 5) is 0. The second kappa shape index (κ2) is 6.21. The van der Waals surface area contributed by atoms with Crippen molar-refractivity contribution in [1.29, 1.82) is 0 Å². The van der Waals surface area contributed by atoms with Gasteiger partial charge in [-0.15, -0.1) is 0 Å². The fraction of sp³-hybridized carbons (Fsp3) is 0.800. The lowest BCUT2D eigenvalue weighted by Crippen LogP contribution is -2.35. The van der Waals surface area contributed by atoms with Crippen molar-refractivity contribution >= 4 is 0 Å². The Kier molecular flexibility index (Phi) is 6.03. The molecular weight excluding hydrogens is 150 g/mol. The SMILES string of the molecule is C=C(C)CNC(CCO)C(C)C. The molecule has 0 aromatic rings. The van der Waals surface area contributed by atoms with Gasteiger partial charge in [-0.25, -0.2) is 0 Å². The predicted octanol–water partition coefficient (Wildman–Crippen LogP) is 1.56. The maximum Gasteiger partial charge on any atom is 0.0445 e. The topological polar surface area (TPSA) is 32.3 Å². The molecule has 0 heterocycles. The van der Waals surface area contributed by atoms with Crippen LogP contribution in [-0.4, -0.2) is 24.3 Å². The van der Waals surface area contributed by atoms with Crippen molar-refractivity contribution in [3.63, 3.8) is 0 Å². The lowest BCUT2D eigenvalue weighted by molar-refractivity contribution is 0.247. The van der Waals surface area contributed by atoms with E-state index in [4.69, 9.17) is 5.11 Å². The largest absolute Gasteiger partial charge is 0.396 e. The maximum absolute atomic E-state index is 8.79. The van der Waals surface area contributed by atoms with Crippen molar-refractivity contribution in [2.75, 3.05) is 13.2 Å². The van der Waals surface area contributed by atoms with Gasteiger partial charge in [0.15, 0.2) is 0 Å². The van der Waals surface area contributed by atoms with Gasteiger partial charge in [-0.1, -0.05) is 26.0 Å². The summed E-state index contributed by atoms with van der Waals surface area (Å²) in [6.45, 7) is 11.2. The Morgan fingerprint density at radius 1 is 1.50 bits per heavy atom. The lowest BCUT2D eigenvalue weighted by atomic mass is 10.0. The molecular formula is C10H21NO. The molecule has 0 aliphatic rings. The van der Waals surface area contributed by atoms with E-state index in [0.29, 0.717) is 12.0 Å². The summed E-state index contributed by atoms with van der Waals surface area (Å²) < 4.78 is 0. The highest BCUT2D eigenvalue weighted by Crippen LogP contribution is 2.05. The molecule has 0 aliphatic heterocycles. The fourth-order valence-corrected chi connectivity index (χ4v) is 1.12. The van der Waals surface area contributed by atoms with Gasteiger partial charge in [0.05, 0.1) is 0 Å². The van der Waals surface area contributed by atoms with Crippen LogP contribution in [0.1, 0.15) is 27.2 Å². The molecule has 0 fully saturated rings. The van der Waals surface area contributed by atoms with Crippen LogP contribution >= 0.6 is 0 Å². The first-order valence-corrected chi connectivity index (χ1v) is 4.56. The molecule has 0 amide bonds. The van der Waals surface area contributed by atoms with Crippen molar-refractivity contribution in [3.8, 4) is 0 Å². The Balaban J connectivity index is 3.70. The van der Waals surface area contributed by atoms with E-state index in [1.54, 1.807) is 0 Å². The van der Waals surface area contributed by atoms with Crippen LogP contribution in [0.3, 0.4) is 0 Å². The van der Waals surface area contributed by atoms with Crippen LogP contribution < -0.4 is 5.32 Å². The van der Waals surface area contributed by atoms with Gasteiger partial charge in [-0.2, -0.15) is 0 Å². The third-order valence-electron chi connectivity index (χ3n) is 1.91. The van der Waals surface area contributed by atoms with E-state index in [9.17, 15) is 0 Å². The first-order chi connectivity index (χ1) is 5.57. The van der Waals surface area contributed by atoms with Crippen molar-refractivity contribution in [2.45, 2.75) is 33.2 Å². The zero-order valence-corrected chi connectivity index (χ0v) is 8.43. The highest BCUT2D eigenvalue weighted by Gasteiger charge is 2.10. The molecule has 0 rings (SSSR count). The molecule has 1 unspecified atom stereocenters. The van der Waals surface area contributed by atoms with Crippen molar-refractivity contribution in [2.24, 2.45) is 5.92 Å². The zero-order valence-electron chi connectivity index (χ0n) is 8.43. The minimum Gasteiger partial charge on any atom is -0.396 e. The number of aliphatic hydroxyl groups excluding tert-OH is 1. The Hall–Kier alpha value is -0.340. The van der Waals surface area contributed by atoms with E-state index >= 15 is 0 Å². The molecule has 0 aromatic carbocycles. The molecule has 1 atom stereocenters. The first kappa shape index (κ1) is 11.7. The van der Waals surface area contributed by atoms with E-state index in [0.717, 1.165) is 18.5 Å². The van der Waals surface area contributed by atoms with Crippen LogP contribution in [0.5, 0.6) is 0 Å². The van der Waals surface area contributed by atoms with E-state index in [-0.39, 0.29) is 6.61 Å². The van der Waals surface area contributed by atoms with Crippen LogP contribution in [0.15, 0.2) is 12.2 Å². The number of nitrogens with one attached hydrogen (secondary N) is 1. The molecule has 2 N–H and O–H groups in total. The van der Waals surface area contributed by atoms with Gasteiger partial charge in [-0.3, -0.25) is 0 Å². The normalized spacial score (nSPS) is 13.4. The number of hydrogen-bond acceptors (Lipinski definition) is 2. The van der Waals surface area contributed by atoms with Gasteiger partial charge >= 0.3 is 0 Å². The van der Waals surface area contributed by atoms with Gasteiger partial charge in [0.25, 0.3) is 0 Å². The van der Waals surface area contributed by atoms with E-state index in [1.165, 1.54) is 0 Å². The second-order valence-corrected chi connectivity index (χ2v) is 3.70. The Morgan fingerprint density at radius 3 is 2.42 bits per heavy atom. The summed E-state index contributed by atoms with van der Waals surface area (Å²) >= 11 is 0. The molecule has 0 spiro atoms. The van der Waals surface area contributed by atoms with Gasteiger partial charge < -0.3 is 10.4 Å². The van der Waals surface area contributed by atoms with Gasteiger partial charge in [0.2, 0.25) is 0 Å². The fourth-order valence-electron chi connectivity index (χ4n) is 1.12. The minimum absolute atomic E-state index is 0.256. The molecule has 2 nitrogen and oxygen atoms in total. The zero-order chi connectivity index (χ0) is 9.56. The van der Waals surface area contributed by atoms with Crippen LogP contribution in [0.2, 0.25) is 0 Å². The minimum atomic E-state index is 0.256. The monoisotopic (exact) mass is 171 g/mol. The van der Waals surface area contributed by atoms with Crippen LogP contribution in [-0.2, 0) is 0 Å². The smallest absolute Gasteiger partial charge is 0.0445 e. The van der Waals surface area contributed by atoms with Gasteiger partial charge in [0, 0.05) is 19.2 Å². The standard InChI is InChI=1S/C10H21NO/c1-8(2)7-11-10(5-6-12)9(3)4/h9-12H,1,5-7H2,2-4H3. The van der Waals surface area contributed by atoms with Crippen molar-refractivity contribution < 1.29 is 5.11 Å². The van der Waals surface area contributed by atoms with E-state index < -0.39 is 0 Å². The summed E-state index contributed by atoms with van der Waals surface area (Å²) in [5.41, 5.74) is 1.14. The Labute approximate surface area is 75.7 Å². The van der Waals surface area contributed by atoms with Crippen molar-refractivity contribution in [1.82, 2.24) is 5.32 Å². The third kappa shape index (κ3) is 5.33. The molecule has 0 saturated heterocycles. The van der Waals surface area contributed by atoms with Crippen LogP contribution in [0, 0.1) is 5.92 Å². The predicted molar refractivity (Wildman–Crippen MR) is 53.1 cm³/mol.